The molecule has 1 saturated carbocycles. The third-order valence-electron chi connectivity index (χ3n) is 7.09. The molecule has 2 N–H and O–H groups in total. The molecular formula is C28H33FN6O3. The number of hydrogen-bond acceptors (Lipinski definition) is 7. The molecule has 10 heteroatoms. The first-order valence-electron chi connectivity index (χ1n) is 12.9. The second-order valence-corrected chi connectivity index (χ2v) is 11.0. The van der Waals surface area contributed by atoms with Gasteiger partial charge in [-0.3, -0.25) is 0 Å². The van der Waals surface area contributed by atoms with Crippen LogP contribution in [-0.4, -0.2) is 31.1 Å². The minimum Gasteiger partial charge on any atom is -0.487 e. The predicted octanol–water partition coefficient (Wildman–Crippen LogP) is 5.40. The zero-order valence-corrected chi connectivity index (χ0v) is 22.1. The number of pyridine rings is 1. The van der Waals surface area contributed by atoms with Crippen LogP contribution in [0.2, 0.25) is 0 Å². The van der Waals surface area contributed by atoms with E-state index in [1.54, 1.807) is 31.3 Å². The Kier molecular flexibility index (Phi) is 6.81. The molecule has 200 valence electrons. The molecule has 0 atom stereocenters. The van der Waals surface area contributed by atoms with Gasteiger partial charge in [0, 0.05) is 18.2 Å². The van der Waals surface area contributed by atoms with E-state index in [0.717, 1.165) is 11.5 Å². The van der Waals surface area contributed by atoms with Crippen molar-refractivity contribution in [3.05, 3.63) is 82.2 Å². The standard InChI is InChI=1S/C28H33FN6O3/c1-18-7-5-9-21(24(18)29)37-20-11-14-28(15-12-20,25-33-34-26(36)38-25)17-19-8-6-10-22(31-19)32-23-13-16-30-35(23)27(2,3)4/h5-10,13,16,20H,11-12,14-15,17H2,1-4H3,(H,31,32)(H,34,36)/t20-,28-. The van der Waals surface area contributed by atoms with Crippen molar-refractivity contribution < 1.29 is 13.5 Å². The number of nitrogens with one attached hydrogen (secondary N) is 2. The Bertz CT molecular complexity index is 1460. The fraction of sp³-hybridized carbons (Fsp3) is 0.429. The Morgan fingerprint density at radius 1 is 1.18 bits per heavy atom. The zero-order valence-electron chi connectivity index (χ0n) is 22.1. The molecule has 3 heterocycles. The fourth-order valence-corrected chi connectivity index (χ4v) is 5.13. The summed E-state index contributed by atoms with van der Waals surface area (Å²) in [4.78, 5) is 16.7. The Balaban J connectivity index is 1.36. The van der Waals surface area contributed by atoms with Gasteiger partial charge in [0.05, 0.1) is 23.3 Å². The van der Waals surface area contributed by atoms with E-state index in [1.807, 2.05) is 28.9 Å². The van der Waals surface area contributed by atoms with Gasteiger partial charge in [-0.25, -0.2) is 23.9 Å². The summed E-state index contributed by atoms with van der Waals surface area (Å²) in [6.07, 6.45) is 4.75. The summed E-state index contributed by atoms with van der Waals surface area (Å²) in [6.45, 7) is 7.98. The third-order valence-corrected chi connectivity index (χ3v) is 7.09. The van der Waals surface area contributed by atoms with E-state index in [1.165, 1.54) is 0 Å². The molecule has 1 aliphatic rings. The number of halogens is 1. The van der Waals surface area contributed by atoms with Crippen LogP contribution >= 0.6 is 0 Å². The number of aryl methyl sites for hydroxylation is 1. The van der Waals surface area contributed by atoms with Gasteiger partial charge in [0.2, 0.25) is 5.89 Å². The zero-order chi connectivity index (χ0) is 26.9. The summed E-state index contributed by atoms with van der Waals surface area (Å²) in [5, 5.41) is 14.4. The first-order valence-corrected chi connectivity index (χ1v) is 12.9. The largest absolute Gasteiger partial charge is 0.487 e. The van der Waals surface area contributed by atoms with E-state index in [0.29, 0.717) is 49.4 Å². The lowest BCUT2D eigenvalue weighted by molar-refractivity contribution is 0.0988. The van der Waals surface area contributed by atoms with Crippen LogP contribution in [0.5, 0.6) is 5.75 Å². The van der Waals surface area contributed by atoms with Gasteiger partial charge >= 0.3 is 5.76 Å². The summed E-state index contributed by atoms with van der Waals surface area (Å²) in [5.41, 5.74) is 0.665. The van der Waals surface area contributed by atoms with Crippen LogP contribution in [0.1, 0.15) is 63.6 Å². The van der Waals surface area contributed by atoms with Crippen LogP contribution in [0.3, 0.4) is 0 Å². The molecule has 0 saturated heterocycles. The SMILES string of the molecule is Cc1cccc(O[C@H]2CC[C@](Cc3cccc(Nc4ccnn4C(C)(C)C)n3)(c3n[nH]c(=O)o3)CC2)c1F. The van der Waals surface area contributed by atoms with E-state index in [4.69, 9.17) is 14.1 Å². The van der Waals surface area contributed by atoms with Crippen LogP contribution in [0.15, 0.2) is 57.9 Å². The predicted molar refractivity (Wildman–Crippen MR) is 141 cm³/mol. The summed E-state index contributed by atoms with van der Waals surface area (Å²) in [5.74, 6) is 1.26. The molecule has 0 amide bonds. The molecule has 0 spiro atoms. The van der Waals surface area contributed by atoms with Crippen LogP contribution < -0.4 is 15.8 Å². The van der Waals surface area contributed by atoms with Gasteiger partial charge in [0.1, 0.15) is 11.6 Å². The monoisotopic (exact) mass is 520 g/mol. The number of anilines is 2. The van der Waals surface area contributed by atoms with Crippen molar-refractivity contribution in [2.75, 3.05) is 5.32 Å². The molecule has 0 unspecified atom stereocenters. The summed E-state index contributed by atoms with van der Waals surface area (Å²) in [6, 6.07) is 12.9. The van der Waals surface area contributed by atoms with Gasteiger partial charge in [-0.05, 0) is 77.1 Å². The van der Waals surface area contributed by atoms with Crippen molar-refractivity contribution >= 4 is 11.6 Å². The first kappa shape index (κ1) is 25.7. The number of rotatable bonds is 7. The molecule has 1 fully saturated rings. The van der Waals surface area contributed by atoms with Gasteiger partial charge < -0.3 is 14.5 Å². The molecule has 5 rings (SSSR count). The average molecular weight is 521 g/mol. The molecular weight excluding hydrogens is 487 g/mol. The Morgan fingerprint density at radius 2 is 1.95 bits per heavy atom. The second kappa shape index (κ2) is 10.1. The average Bonchev–Trinajstić information content (AvgIpc) is 3.53. The second-order valence-electron chi connectivity index (χ2n) is 11.0. The molecule has 9 nitrogen and oxygen atoms in total. The highest BCUT2D eigenvalue weighted by atomic mass is 19.1. The highest BCUT2D eigenvalue weighted by Gasteiger charge is 2.42. The van der Waals surface area contributed by atoms with Gasteiger partial charge in [-0.2, -0.15) is 5.10 Å². The van der Waals surface area contributed by atoms with Crippen LogP contribution in [0, 0.1) is 12.7 Å². The van der Waals surface area contributed by atoms with Crippen LogP contribution in [0.25, 0.3) is 0 Å². The van der Waals surface area contributed by atoms with Crippen LogP contribution in [-0.2, 0) is 17.4 Å². The molecule has 1 aromatic carbocycles. The number of nitrogens with zero attached hydrogens (tertiary/aromatic N) is 4. The molecule has 0 radical (unpaired) electrons. The van der Waals surface area contributed by atoms with Crippen molar-refractivity contribution in [1.82, 2.24) is 25.0 Å². The molecule has 3 aromatic heterocycles. The minimum absolute atomic E-state index is 0.149. The highest BCUT2D eigenvalue weighted by Crippen LogP contribution is 2.42. The van der Waals surface area contributed by atoms with E-state index in [2.05, 4.69) is 41.4 Å². The molecule has 0 aliphatic heterocycles. The number of H-pyrrole nitrogens is 1. The van der Waals surface area contributed by atoms with Crippen molar-refractivity contribution in [1.29, 1.82) is 0 Å². The highest BCUT2D eigenvalue weighted by molar-refractivity contribution is 5.52. The normalized spacial score (nSPS) is 19.9. The van der Waals surface area contributed by atoms with E-state index in [-0.39, 0.29) is 23.2 Å². The number of aromatic amines is 1. The number of aromatic nitrogens is 5. The molecule has 0 bridgehead atoms. The maximum atomic E-state index is 14.5. The van der Waals surface area contributed by atoms with Gasteiger partial charge in [0.25, 0.3) is 0 Å². The van der Waals surface area contributed by atoms with Crippen LogP contribution in [0.4, 0.5) is 16.0 Å². The topological polar surface area (TPSA) is 111 Å². The lowest BCUT2D eigenvalue weighted by atomic mass is 9.70. The summed E-state index contributed by atoms with van der Waals surface area (Å²) >= 11 is 0. The van der Waals surface area contributed by atoms with E-state index >= 15 is 0 Å². The number of benzene rings is 1. The van der Waals surface area contributed by atoms with Gasteiger partial charge in [-0.1, -0.05) is 18.2 Å². The Morgan fingerprint density at radius 3 is 2.66 bits per heavy atom. The summed E-state index contributed by atoms with van der Waals surface area (Å²) in [7, 11) is 0. The quantitative estimate of drug-likeness (QED) is 0.336. The van der Waals surface area contributed by atoms with E-state index in [9.17, 15) is 9.18 Å². The Labute approximate surface area is 220 Å². The minimum atomic E-state index is -0.585. The van der Waals surface area contributed by atoms with Crippen molar-refractivity contribution in [2.45, 2.75) is 76.9 Å². The summed E-state index contributed by atoms with van der Waals surface area (Å²) < 4.78 is 28.0. The lowest BCUT2D eigenvalue weighted by Crippen LogP contribution is -2.38. The van der Waals surface area contributed by atoms with E-state index < -0.39 is 11.2 Å². The molecule has 1 aliphatic carbocycles. The van der Waals surface area contributed by atoms with Gasteiger partial charge in [0.15, 0.2) is 11.6 Å². The Hall–Kier alpha value is -3.95. The first-order chi connectivity index (χ1) is 18.1. The molecule has 4 aromatic rings. The number of hydrogen-bond donors (Lipinski definition) is 2. The van der Waals surface area contributed by atoms with Gasteiger partial charge in [-0.15, -0.1) is 5.10 Å². The molecule has 38 heavy (non-hydrogen) atoms. The third kappa shape index (κ3) is 5.34. The van der Waals surface area contributed by atoms with Crippen molar-refractivity contribution in [3.63, 3.8) is 0 Å². The maximum Gasteiger partial charge on any atom is 0.434 e. The van der Waals surface area contributed by atoms with Crippen molar-refractivity contribution in [2.24, 2.45) is 0 Å². The maximum absolute atomic E-state index is 14.5. The van der Waals surface area contributed by atoms with Crippen molar-refractivity contribution in [3.8, 4) is 5.75 Å². The fourth-order valence-electron chi connectivity index (χ4n) is 5.13. The smallest absolute Gasteiger partial charge is 0.434 e. The number of ether oxygens (including phenoxy) is 1. The lowest BCUT2D eigenvalue weighted by Gasteiger charge is -2.37.